The minimum absolute atomic E-state index is 0.121. The summed E-state index contributed by atoms with van der Waals surface area (Å²) in [7, 11) is 0. The number of hydrogen-bond donors (Lipinski definition) is 2. The molecule has 0 heterocycles. The van der Waals surface area contributed by atoms with E-state index < -0.39 is 0 Å². The molecule has 0 saturated heterocycles. The zero-order valence-corrected chi connectivity index (χ0v) is 10.8. The van der Waals surface area contributed by atoms with Crippen LogP contribution in [0.3, 0.4) is 0 Å². The number of aromatic hydroxyl groups is 1. The van der Waals surface area contributed by atoms with Gasteiger partial charge in [-0.15, -0.1) is 0 Å². The molecule has 3 N–H and O–H groups in total. The minimum atomic E-state index is 0.121. The van der Waals surface area contributed by atoms with Crippen LogP contribution >= 0.6 is 0 Å². The van der Waals surface area contributed by atoms with Crippen molar-refractivity contribution in [3.63, 3.8) is 0 Å². The van der Waals surface area contributed by atoms with Gasteiger partial charge in [0.2, 0.25) is 0 Å². The summed E-state index contributed by atoms with van der Waals surface area (Å²) in [6, 6.07) is 20.8. The van der Waals surface area contributed by atoms with E-state index in [1.54, 1.807) is 18.2 Å². The molecular formula is C17H14N2O. The molecule has 0 amide bonds. The third kappa shape index (κ3) is 2.21. The van der Waals surface area contributed by atoms with Crippen molar-refractivity contribution in [3.8, 4) is 5.75 Å². The standard InChI is InChI=1S/C17H14N2O/c18-17(19-15-10-3-4-11-16(15)20)14-9-5-7-12-6-1-2-8-13(12)14/h1-11,20H,(H2,18,19). The van der Waals surface area contributed by atoms with Gasteiger partial charge in [0.05, 0.1) is 0 Å². The number of para-hydroxylation sites is 2. The van der Waals surface area contributed by atoms with Gasteiger partial charge in [-0.3, -0.25) is 0 Å². The summed E-state index contributed by atoms with van der Waals surface area (Å²) >= 11 is 0. The molecule has 3 heteroatoms. The molecular weight excluding hydrogens is 248 g/mol. The molecule has 0 atom stereocenters. The molecule has 98 valence electrons. The summed E-state index contributed by atoms with van der Waals surface area (Å²) in [6.07, 6.45) is 0. The van der Waals surface area contributed by atoms with Gasteiger partial charge in [0, 0.05) is 5.56 Å². The van der Waals surface area contributed by atoms with Gasteiger partial charge in [-0.05, 0) is 22.9 Å². The first-order chi connectivity index (χ1) is 9.75. The second-order valence-corrected chi connectivity index (χ2v) is 4.51. The van der Waals surface area contributed by atoms with Gasteiger partial charge in [-0.25, -0.2) is 4.99 Å². The highest BCUT2D eigenvalue weighted by Gasteiger charge is 2.05. The lowest BCUT2D eigenvalue weighted by Crippen LogP contribution is -2.13. The van der Waals surface area contributed by atoms with Crippen LogP contribution in [0.25, 0.3) is 10.8 Å². The average molecular weight is 262 g/mol. The number of aliphatic imine (C=N–C) groups is 1. The maximum absolute atomic E-state index is 9.76. The van der Waals surface area contributed by atoms with Crippen LogP contribution in [0.5, 0.6) is 5.75 Å². The highest BCUT2D eigenvalue weighted by molar-refractivity contribution is 6.09. The SMILES string of the molecule is NC(=Nc1ccccc1O)c1cccc2ccccc12. The second kappa shape index (κ2) is 5.05. The number of amidine groups is 1. The van der Waals surface area contributed by atoms with Crippen molar-refractivity contribution in [2.75, 3.05) is 0 Å². The Labute approximate surface area is 117 Å². The van der Waals surface area contributed by atoms with Crippen LogP contribution in [-0.2, 0) is 0 Å². The second-order valence-electron chi connectivity index (χ2n) is 4.51. The lowest BCUT2D eigenvalue weighted by atomic mass is 10.0. The van der Waals surface area contributed by atoms with E-state index in [9.17, 15) is 5.11 Å². The molecule has 3 aromatic rings. The Bertz CT molecular complexity index is 788. The average Bonchev–Trinajstić information content (AvgIpc) is 2.49. The van der Waals surface area contributed by atoms with Crippen molar-refractivity contribution in [2.24, 2.45) is 10.7 Å². The third-order valence-corrected chi connectivity index (χ3v) is 3.19. The predicted molar refractivity (Wildman–Crippen MR) is 82.4 cm³/mol. The van der Waals surface area contributed by atoms with Crippen molar-refractivity contribution in [2.45, 2.75) is 0 Å². The monoisotopic (exact) mass is 262 g/mol. The van der Waals surface area contributed by atoms with Gasteiger partial charge in [0.25, 0.3) is 0 Å². The summed E-state index contributed by atoms with van der Waals surface area (Å²) < 4.78 is 0. The zero-order chi connectivity index (χ0) is 13.9. The smallest absolute Gasteiger partial charge is 0.141 e. The Balaban J connectivity index is 2.14. The van der Waals surface area contributed by atoms with Crippen LogP contribution in [0.4, 0.5) is 5.69 Å². The summed E-state index contributed by atoms with van der Waals surface area (Å²) in [5.74, 6) is 0.513. The number of nitrogens with zero attached hydrogens (tertiary/aromatic N) is 1. The van der Waals surface area contributed by atoms with Gasteiger partial charge in [-0.2, -0.15) is 0 Å². The molecule has 3 rings (SSSR count). The number of phenolic OH excluding ortho intramolecular Hbond substituents is 1. The first-order valence-electron chi connectivity index (χ1n) is 6.36. The molecule has 0 unspecified atom stereocenters. The Morgan fingerprint density at radius 3 is 2.40 bits per heavy atom. The van der Waals surface area contributed by atoms with Crippen molar-refractivity contribution in [1.29, 1.82) is 0 Å². The van der Waals surface area contributed by atoms with Gasteiger partial charge in [0.15, 0.2) is 0 Å². The molecule has 0 saturated carbocycles. The van der Waals surface area contributed by atoms with Crippen molar-refractivity contribution < 1.29 is 5.11 Å². The first kappa shape index (κ1) is 12.2. The lowest BCUT2D eigenvalue weighted by molar-refractivity contribution is 0.477. The van der Waals surface area contributed by atoms with Crippen LogP contribution < -0.4 is 5.73 Å². The molecule has 20 heavy (non-hydrogen) atoms. The van der Waals surface area contributed by atoms with Crippen molar-refractivity contribution >= 4 is 22.3 Å². The van der Waals surface area contributed by atoms with E-state index in [0.29, 0.717) is 11.5 Å². The molecule has 0 spiro atoms. The van der Waals surface area contributed by atoms with Crippen LogP contribution in [0.15, 0.2) is 71.7 Å². The summed E-state index contributed by atoms with van der Waals surface area (Å²) in [5, 5.41) is 11.9. The van der Waals surface area contributed by atoms with Gasteiger partial charge < -0.3 is 10.8 Å². The summed E-state index contributed by atoms with van der Waals surface area (Å²) in [6.45, 7) is 0. The molecule has 3 nitrogen and oxygen atoms in total. The minimum Gasteiger partial charge on any atom is -0.506 e. The maximum atomic E-state index is 9.76. The normalized spacial score (nSPS) is 11.7. The third-order valence-electron chi connectivity index (χ3n) is 3.19. The fraction of sp³-hybridized carbons (Fsp3) is 0. The zero-order valence-electron chi connectivity index (χ0n) is 10.8. The number of rotatable bonds is 2. The van der Waals surface area contributed by atoms with Crippen molar-refractivity contribution in [3.05, 3.63) is 72.3 Å². The predicted octanol–water partition coefficient (Wildman–Crippen LogP) is 3.58. The van der Waals surface area contributed by atoms with E-state index in [4.69, 9.17) is 5.73 Å². The Morgan fingerprint density at radius 2 is 1.55 bits per heavy atom. The first-order valence-corrected chi connectivity index (χ1v) is 6.36. The maximum Gasteiger partial charge on any atom is 0.141 e. The Morgan fingerprint density at radius 1 is 0.850 bits per heavy atom. The molecule has 0 bridgehead atoms. The van der Waals surface area contributed by atoms with Crippen LogP contribution in [-0.4, -0.2) is 10.9 Å². The molecule has 0 radical (unpaired) electrons. The van der Waals surface area contributed by atoms with Crippen LogP contribution in [0, 0.1) is 0 Å². The summed E-state index contributed by atoms with van der Waals surface area (Å²) in [4.78, 5) is 4.32. The van der Waals surface area contributed by atoms with E-state index in [-0.39, 0.29) is 5.75 Å². The van der Waals surface area contributed by atoms with E-state index in [2.05, 4.69) is 4.99 Å². The molecule has 0 aliphatic rings. The number of benzene rings is 3. The van der Waals surface area contributed by atoms with Gasteiger partial charge >= 0.3 is 0 Å². The number of fused-ring (bicyclic) bond motifs is 1. The molecule has 0 aliphatic carbocycles. The largest absolute Gasteiger partial charge is 0.506 e. The number of nitrogens with two attached hydrogens (primary N) is 1. The Kier molecular flexibility index (Phi) is 3.09. The number of phenols is 1. The lowest BCUT2D eigenvalue weighted by Gasteiger charge is -2.06. The molecule has 0 aliphatic heterocycles. The highest BCUT2D eigenvalue weighted by Crippen LogP contribution is 2.26. The van der Waals surface area contributed by atoms with E-state index >= 15 is 0 Å². The van der Waals surface area contributed by atoms with E-state index in [1.165, 1.54) is 0 Å². The van der Waals surface area contributed by atoms with E-state index in [0.717, 1.165) is 16.3 Å². The Hall–Kier alpha value is -2.81. The summed E-state index contributed by atoms with van der Waals surface area (Å²) in [5.41, 5.74) is 7.44. The quantitative estimate of drug-likeness (QED) is 0.547. The van der Waals surface area contributed by atoms with Gasteiger partial charge in [-0.1, -0.05) is 54.6 Å². The molecule has 0 fully saturated rings. The van der Waals surface area contributed by atoms with Crippen molar-refractivity contribution in [1.82, 2.24) is 0 Å². The van der Waals surface area contributed by atoms with Gasteiger partial charge in [0.1, 0.15) is 17.3 Å². The van der Waals surface area contributed by atoms with E-state index in [1.807, 2.05) is 48.5 Å². The fourth-order valence-corrected chi connectivity index (χ4v) is 2.20. The fourth-order valence-electron chi connectivity index (χ4n) is 2.20. The number of hydrogen-bond acceptors (Lipinski definition) is 2. The highest BCUT2D eigenvalue weighted by atomic mass is 16.3. The molecule has 3 aromatic carbocycles. The topological polar surface area (TPSA) is 58.6 Å². The van der Waals surface area contributed by atoms with Crippen LogP contribution in [0.1, 0.15) is 5.56 Å². The van der Waals surface area contributed by atoms with Crippen LogP contribution in [0.2, 0.25) is 0 Å². The molecule has 0 aromatic heterocycles.